The standard InChI is InChI=1S/C20H18Cl2N2O5/c1-29-18-5-3-14(11-17(18)24(27)28)20(26)23-8-6-12(7-9-23)19(25)13-2-4-15(21)16(22)10-13/h2-5,10-12H,6-9H2,1H3. The maximum absolute atomic E-state index is 12.7. The van der Waals surface area contributed by atoms with Crippen molar-refractivity contribution in [2.24, 2.45) is 5.92 Å². The fraction of sp³-hybridized carbons (Fsp3) is 0.300. The maximum Gasteiger partial charge on any atom is 0.311 e. The highest BCUT2D eigenvalue weighted by Gasteiger charge is 2.29. The molecule has 0 bridgehead atoms. The normalized spacial score (nSPS) is 14.5. The lowest BCUT2D eigenvalue weighted by Crippen LogP contribution is -2.40. The number of benzene rings is 2. The van der Waals surface area contributed by atoms with Crippen LogP contribution in [0.2, 0.25) is 10.0 Å². The van der Waals surface area contributed by atoms with Gasteiger partial charge >= 0.3 is 5.69 Å². The molecule has 1 amide bonds. The highest BCUT2D eigenvalue weighted by Crippen LogP contribution is 2.30. The predicted molar refractivity (Wildman–Crippen MR) is 109 cm³/mol. The Kier molecular flexibility index (Phi) is 6.39. The van der Waals surface area contributed by atoms with Crippen LogP contribution in [0.25, 0.3) is 0 Å². The molecule has 0 aromatic heterocycles. The second-order valence-corrected chi connectivity index (χ2v) is 7.52. The van der Waals surface area contributed by atoms with Gasteiger partial charge in [0.05, 0.1) is 22.1 Å². The van der Waals surface area contributed by atoms with E-state index in [0.717, 1.165) is 0 Å². The van der Waals surface area contributed by atoms with Crippen molar-refractivity contribution < 1.29 is 19.2 Å². The molecule has 1 heterocycles. The topological polar surface area (TPSA) is 89.8 Å². The van der Waals surface area contributed by atoms with E-state index in [9.17, 15) is 19.7 Å². The molecule has 0 aliphatic carbocycles. The molecular formula is C20H18Cl2N2O5. The second-order valence-electron chi connectivity index (χ2n) is 6.70. The van der Waals surface area contributed by atoms with Crippen LogP contribution in [0.5, 0.6) is 5.75 Å². The number of likely N-dealkylation sites (tertiary alicyclic amines) is 1. The Labute approximate surface area is 177 Å². The van der Waals surface area contributed by atoms with Gasteiger partial charge in [0.1, 0.15) is 0 Å². The summed E-state index contributed by atoms with van der Waals surface area (Å²) in [7, 11) is 1.33. The van der Waals surface area contributed by atoms with Gasteiger partial charge in [0, 0.05) is 36.2 Å². The molecule has 0 saturated carbocycles. The first kappa shape index (κ1) is 21.1. The number of ketones is 1. The molecule has 0 N–H and O–H groups in total. The molecule has 0 radical (unpaired) electrons. The van der Waals surface area contributed by atoms with Crippen LogP contribution in [0, 0.1) is 16.0 Å². The van der Waals surface area contributed by atoms with Crippen LogP contribution in [0.15, 0.2) is 36.4 Å². The van der Waals surface area contributed by atoms with Gasteiger partial charge in [-0.25, -0.2) is 0 Å². The van der Waals surface area contributed by atoms with Gasteiger partial charge in [0.2, 0.25) is 0 Å². The molecule has 1 saturated heterocycles. The number of carbonyl (C=O) groups is 2. The summed E-state index contributed by atoms with van der Waals surface area (Å²) in [6.45, 7) is 0.771. The predicted octanol–water partition coefficient (Wildman–Crippen LogP) is 4.65. The zero-order valence-corrected chi connectivity index (χ0v) is 17.1. The van der Waals surface area contributed by atoms with Crippen LogP contribution >= 0.6 is 23.2 Å². The second kappa shape index (κ2) is 8.80. The summed E-state index contributed by atoms with van der Waals surface area (Å²) in [4.78, 5) is 37.6. The summed E-state index contributed by atoms with van der Waals surface area (Å²) in [5.74, 6) is -0.467. The number of Topliss-reactive ketones (excluding diaryl/α,β-unsaturated/α-hetero) is 1. The number of nitrogens with zero attached hydrogens (tertiary/aromatic N) is 2. The average Bonchev–Trinajstić information content (AvgIpc) is 2.74. The molecule has 1 aliphatic heterocycles. The molecular weight excluding hydrogens is 419 g/mol. The van der Waals surface area contributed by atoms with Crippen LogP contribution in [0.4, 0.5) is 5.69 Å². The van der Waals surface area contributed by atoms with Crippen LogP contribution < -0.4 is 4.74 Å². The van der Waals surface area contributed by atoms with Gasteiger partial charge in [-0.15, -0.1) is 0 Å². The lowest BCUT2D eigenvalue weighted by atomic mass is 9.88. The summed E-state index contributed by atoms with van der Waals surface area (Å²) in [6.07, 6.45) is 1.01. The smallest absolute Gasteiger partial charge is 0.311 e. The van der Waals surface area contributed by atoms with E-state index in [1.54, 1.807) is 23.1 Å². The van der Waals surface area contributed by atoms with E-state index in [1.807, 2.05) is 0 Å². The van der Waals surface area contributed by atoms with Gasteiger partial charge in [-0.1, -0.05) is 23.2 Å². The lowest BCUT2D eigenvalue weighted by molar-refractivity contribution is -0.385. The number of rotatable bonds is 5. The Balaban J connectivity index is 1.68. The minimum Gasteiger partial charge on any atom is -0.490 e. The van der Waals surface area contributed by atoms with E-state index in [2.05, 4.69) is 0 Å². The number of methoxy groups -OCH3 is 1. The summed E-state index contributed by atoms with van der Waals surface area (Å²) in [5.41, 5.74) is 0.449. The SMILES string of the molecule is COc1ccc(C(=O)N2CCC(C(=O)c3ccc(Cl)c(Cl)c3)CC2)cc1[N+](=O)[O-]. The minimum absolute atomic E-state index is 0.0317. The van der Waals surface area contributed by atoms with Crippen molar-refractivity contribution in [1.29, 1.82) is 0 Å². The van der Waals surface area contributed by atoms with Gasteiger partial charge in [-0.2, -0.15) is 0 Å². The van der Waals surface area contributed by atoms with E-state index >= 15 is 0 Å². The Bertz CT molecular complexity index is 971. The minimum atomic E-state index is -0.586. The first-order valence-electron chi connectivity index (χ1n) is 8.92. The molecule has 3 rings (SSSR count). The molecule has 9 heteroatoms. The van der Waals surface area contributed by atoms with Crippen LogP contribution in [-0.2, 0) is 0 Å². The number of piperidine rings is 1. The zero-order valence-electron chi connectivity index (χ0n) is 15.6. The zero-order chi connectivity index (χ0) is 21.1. The first-order valence-corrected chi connectivity index (χ1v) is 9.68. The van der Waals surface area contributed by atoms with E-state index in [4.69, 9.17) is 27.9 Å². The summed E-state index contributed by atoms with van der Waals surface area (Å²) in [5, 5.41) is 11.9. The number of carbonyl (C=O) groups excluding carboxylic acids is 2. The van der Waals surface area contributed by atoms with Crippen molar-refractivity contribution in [3.63, 3.8) is 0 Å². The van der Waals surface area contributed by atoms with Gasteiger partial charge in [-0.3, -0.25) is 19.7 Å². The molecule has 0 unspecified atom stereocenters. The first-order chi connectivity index (χ1) is 13.8. The largest absolute Gasteiger partial charge is 0.490 e. The summed E-state index contributed by atoms with van der Waals surface area (Å²) in [6, 6.07) is 8.91. The number of nitro benzene ring substituents is 1. The van der Waals surface area contributed by atoms with Gasteiger partial charge in [0.25, 0.3) is 5.91 Å². The fourth-order valence-corrected chi connectivity index (χ4v) is 3.68. The van der Waals surface area contributed by atoms with E-state index < -0.39 is 4.92 Å². The summed E-state index contributed by atoms with van der Waals surface area (Å²) < 4.78 is 4.96. The van der Waals surface area contributed by atoms with Crippen molar-refractivity contribution in [2.45, 2.75) is 12.8 Å². The Hall–Kier alpha value is -2.64. The maximum atomic E-state index is 12.7. The Morgan fingerprint density at radius 1 is 1.07 bits per heavy atom. The van der Waals surface area contributed by atoms with Crippen molar-refractivity contribution in [3.8, 4) is 5.75 Å². The van der Waals surface area contributed by atoms with E-state index in [1.165, 1.54) is 25.3 Å². The molecule has 1 aliphatic rings. The van der Waals surface area contributed by atoms with Crippen LogP contribution in [0.1, 0.15) is 33.6 Å². The van der Waals surface area contributed by atoms with Crippen molar-refractivity contribution >= 4 is 40.6 Å². The number of amides is 1. The van der Waals surface area contributed by atoms with Crippen LogP contribution in [-0.4, -0.2) is 41.7 Å². The number of hydrogen-bond acceptors (Lipinski definition) is 5. The van der Waals surface area contributed by atoms with Crippen molar-refractivity contribution in [2.75, 3.05) is 20.2 Å². The Morgan fingerprint density at radius 3 is 2.31 bits per heavy atom. The van der Waals surface area contributed by atoms with Crippen molar-refractivity contribution in [3.05, 3.63) is 67.7 Å². The number of nitro groups is 1. The third-order valence-corrected chi connectivity index (χ3v) is 5.72. The molecule has 29 heavy (non-hydrogen) atoms. The fourth-order valence-electron chi connectivity index (χ4n) is 3.38. The van der Waals surface area contributed by atoms with Gasteiger partial charge < -0.3 is 9.64 Å². The monoisotopic (exact) mass is 436 g/mol. The van der Waals surface area contributed by atoms with E-state index in [-0.39, 0.29) is 34.6 Å². The summed E-state index contributed by atoms with van der Waals surface area (Å²) >= 11 is 11.9. The molecule has 0 atom stereocenters. The molecule has 1 fully saturated rings. The molecule has 7 nitrogen and oxygen atoms in total. The Morgan fingerprint density at radius 2 is 1.72 bits per heavy atom. The number of hydrogen-bond donors (Lipinski definition) is 0. The van der Waals surface area contributed by atoms with E-state index in [0.29, 0.717) is 41.5 Å². The number of ether oxygens (including phenoxy) is 1. The molecule has 152 valence electrons. The van der Waals surface area contributed by atoms with Crippen molar-refractivity contribution in [1.82, 2.24) is 4.90 Å². The molecule has 0 spiro atoms. The average molecular weight is 437 g/mol. The van der Waals surface area contributed by atoms with Gasteiger partial charge in [0.15, 0.2) is 11.5 Å². The number of halogens is 2. The third-order valence-electron chi connectivity index (χ3n) is 4.98. The third kappa shape index (κ3) is 4.52. The van der Waals surface area contributed by atoms with Crippen LogP contribution in [0.3, 0.4) is 0 Å². The molecule has 2 aromatic rings. The van der Waals surface area contributed by atoms with Gasteiger partial charge in [-0.05, 0) is 43.2 Å². The highest BCUT2D eigenvalue weighted by molar-refractivity contribution is 6.42. The molecule has 2 aromatic carbocycles. The quantitative estimate of drug-likeness (QED) is 0.386. The lowest BCUT2D eigenvalue weighted by Gasteiger charge is -2.31. The highest BCUT2D eigenvalue weighted by atomic mass is 35.5.